The van der Waals surface area contributed by atoms with Crippen molar-refractivity contribution in [2.24, 2.45) is 5.73 Å². The van der Waals surface area contributed by atoms with Crippen LogP contribution in [-0.2, 0) is 4.74 Å². The second-order valence-corrected chi connectivity index (χ2v) is 4.40. The van der Waals surface area contributed by atoms with Crippen LogP contribution in [0.4, 0.5) is 0 Å². The average molecular weight is 306 g/mol. The predicted molar refractivity (Wildman–Crippen MR) is 77.3 cm³/mol. The molecular weight excluding hydrogens is 294 g/mol. The van der Waals surface area contributed by atoms with Crippen molar-refractivity contribution < 1.29 is 19.1 Å². The summed E-state index contributed by atoms with van der Waals surface area (Å²) in [5.41, 5.74) is 5.39. The average Bonchev–Trinajstić information content (AvgIpc) is 2.48. The number of para-hydroxylation sites is 1. The Morgan fingerprint density at radius 2 is 1.76 bits per heavy atom. The van der Waals surface area contributed by atoms with E-state index in [1.165, 1.54) is 18.2 Å². The van der Waals surface area contributed by atoms with Crippen LogP contribution in [0, 0.1) is 0 Å². The third-order valence-corrected chi connectivity index (χ3v) is 2.92. The molecule has 0 bridgehead atoms. The number of carbonyl (C=O) groups is 2. The van der Waals surface area contributed by atoms with E-state index >= 15 is 0 Å². The van der Waals surface area contributed by atoms with Gasteiger partial charge in [-0.05, 0) is 30.3 Å². The Balaban J connectivity index is 2.22. The third kappa shape index (κ3) is 3.81. The molecule has 0 aliphatic heterocycles. The van der Waals surface area contributed by atoms with Crippen LogP contribution in [0.15, 0.2) is 48.5 Å². The number of hydrogen-bond acceptors (Lipinski definition) is 5. The number of halogens is 1. The van der Waals surface area contributed by atoms with Gasteiger partial charge >= 0.3 is 11.9 Å². The number of esters is 2. The molecule has 2 N–H and O–H groups in total. The molecule has 108 valence electrons. The zero-order chi connectivity index (χ0) is 15.2. The van der Waals surface area contributed by atoms with E-state index in [4.69, 9.17) is 22.1 Å². The summed E-state index contributed by atoms with van der Waals surface area (Å²) in [6.45, 7) is -0.270. The Hall–Kier alpha value is -2.37. The molecule has 0 fully saturated rings. The molecule has 0 saturated heterocycles. The Kier molecular flexibility index (Phi) is 4.92. The van der Waals surface area contributed by atoms with Crippen molar-refractivity contribution >= 4 is 23.5 Å². The van der Waals surface area contributed by atoms with Crippen molar-refractivity contribution in [2.75, 3.05) is 6.73 Å². The van der Waals surface area contributed by atoms with Gasteiger partial charge in [0.1, 0.15) is 12.5 Å². The number of ether oxygens (including phenoxy) is 2. The lowest BCUT2D eigenvalue weighted by Gasteiger charge is -2.07. The van der Waals surface area contributed by atoms with Gasteiger partial charge in [0.25, 0.3) is 0 Å². The Morgan fingerprint density at radius 1 is 1.05 bits per heavy atom. The second-order valence-electron chi connectivity index (χ2n) is 4.00. The molecule has 2 aromatic rings. The SMILES string of the molecule is NCOC(=O)c1cc(C(=O)Oc2ccccc2)ccc1Cl. The smallest absolute Gasteiger partial charge is 0.343 e. The van der Waals surface area contributed by atoms with Crippen molar-refractivity contribution in [1.29, 1.82) is 0 Å². The summed E-state index contributed by atoms with van der Waals surface area (Å²) in [7, 11) is 0. The van der Waals surface area contributed by atoms with Crippen LogP contribution < -0.4 is 10.5 Å². The molecule has 21 heavy (non-hydrogen) atoms. The molecule has 0 amide bonds. The Labute approximate surface area is 126 Å². The molecule has 5 nitrogen and oxygen atoms in total. The maximum Gasteiger partial charge on any atom is 0.343 e. The fourth-order valence-electron chi connectivity index (χ4n) is 1.62. The topological polar surface area (TPSA) is 78.6 Å². The van der Waals surface area contributed by atoms with Crippen molar-refractivity contribution in [3.63, 3.8) is 0 Å². The monoisotopic (exact) mass is 305 g/mol. The highest BCUT2D eigenvalue weighted by atomic mass is 35.5. The molecule has 0 aliphatic rings. The predicted octanol–water partition coefficient (Wildman–Crippen LogP) is 2.63. The first-order chi connectivity index (χ1) is 10.1. The molecule has 0 atom stereocenters. The maximum atomic E-state index is 12.0. The van der Waals surface area contributed by atoms with Crippen molar-refractivity contribution in [2.45, 2.75) is 0 Å². The van der Waals surface area contributed by atoms with Crippen LogP contribution in [-0.4, -0.2) is 18.7 Å². The van der Waals surface area contributed by atoms with Gasteiger partial charge in [-0.2, -0.15) is 0 Å². The van der Waals surface area contributed by atoms with Gasteiger partial charge in [-0.25, -0.2) is 9.59 Å². The highest BCUT2D eigenvalue weighted by Crippen LogP contribution is 2.20. The summed E-state index contributed by atoms with van der Waals surface area (Å²) in [5.74, 6) is -0.889. The van der Waals surface area contributed by atoms with Crippen LogP contribution in [0.3, 0.4) is 0 Å². The number of rotatable bonds is 4. The van der Waals surface area contributed by atoms with E-state index in [2.05, 4.69) is 4.74 Å². The summed E-state index contributed by atoms with van der Waals surface area (Å²) in [5, 5.41) is 0.171. The molecule has 2 rings (SSSR count). The lowest BCUT2D eigenvalue weighted by atomic mass is 10.1. The molecule has 0 saturated carbocycles. The highest BCUT2D eigenvalue weighted by Gasteiger charge is 2.16. The van der Waals surface area contributed by atoms with Crippen LogP contribution in [0.2, 0.25) is 5.02 Å². The molecule has 0 radical (unpaired) electrons. The molecule has 0 aliphatic carbocycles. The van der Waals surface area contributed by atoms with Gasteiger partial charge in [-0.15, -0.1) is 0 Å². The lowest BCUT2D eigenvalue weighted by Crippen LogP contribution is -2.14. The van der Waals surface area contributed by atoms with Crippen molar-refractivity contribution in [1.82, 2.24) is 0 Å². The summed E-state index contributed by atoms with van der Waals surface area (Å²) < 4.78 is 9.84. The zero-order valence-electron chi connectivity index (χ0n) is 10.9. The molecule has 0 unspecified atom stereocenters. The molecule has 0 heterocycles. The molecule has 2 aromatic carbocycles. The van der Waals surface area contributed by atoms with E-state index in [9.17, 15) is 9.59 Å². The highest BCUT2D eigenvalue weighted by molar-refractivity contribution is 6.33. The van der Waals surface area contributed by atoms with Gasteiger partial charge in [0.05, 0.1) is 16.1 Å². The summed E-state index contributed by atoms with van der Waals surface area (Å²) in [6.07, 6.45) is 0. The van der Waals surface area contributed by atoms with Gasteiger partial charge < -0.3 is 9.47 Å². The first kappa shape index (κ1) is 15.0. The van der Waals surface area contributed by atoms with Gasteiger partial charge in [0.2, 0.25) is 0 Å². The van der Waals surface area contributed by atoms with Crippen LogP contribution in [0.25, 0.3) is 0 Å². The standard InChI is InChI=1S/C15H12ClNO4/c16-13-7-6-10(8-12(13)15(19)20-9-17)14(18)21-11-4-2-1-3-5-11/h1-8H,9,17H2. The maximum absolute atomic E-state index is 12.0. The van der Waals surface area contributed by atoms with E-state index in [1.807, 2.05) is 0 Å². The normalized spacial score (nSPS) is 10.0. The minimum atomic E-state index is -0.697. The van der Waals surface area contributed by atoms with Gasteiger partial charge in [-0.1, -0.05) is 29.8 Å². The van der Waals surface area contributed by atoms with E-state index in [0.717, 1.165) is 0 Å². The van der Waals surface area contributed by atoms with E-state index in [0.29, 0.717) is 5.75 Å². The van der Waals surface area contributed by atoms with Crippen molar-refractivity contribution in [3.05, 3.63) is 64.7 Å². The minimum Gasteiger partial charge on any atom is -0.446 e. The van der Waals surface area contributed by atoms with E-state index in [-0.39, 0.29) is 22.9 Å². The van der Waals surface area contributed by atoms with E-state index < -0.39 is 11.9 Å². The van der Waals surface area contributed by atoms with Gasteiger partial charge in [0, 0.05) is 0 Å². The number of nitrogens with two attached hydrogens (primary N) is 1. The van der Waals surface area contributed by atoms with Crippen LogP contribution >= 0.6 is 11.6 Å². The van der Waals surface area contributed by atoms with E-state index in [1.54, 1.807) is 30.3 Å². The second kappa shape index (κ2) is 6.88. The minimum absolute atomic E-state index is 0.0598. The molecule has 0 spiro atoms. The Morgan fingerprint density at radius 3 is 2.43 bits per heavy atom. The fraction of sp³-hybridized carbons (Fsp3) is 0.0667. The molecule has 6 heteroatoms. The summed E-state index contributed by atoms with van der Waals surface area (Å²) >= 11 is 5.90. The first-order valence-corrected chi connectivity index (χ1v) is 6.43. The zero-order valence-corrected chi connectivity index (χ0v) is 11.7. The fourth-order valence-corrected chi connectivity index (χ4v) is 1.81. The van der Waals surface area contributed by atoms with Gasteiger partial charge in [-0.3, -0.25) is 5.73 Å². The number of hydrogen-bond donors (Lipinski definition) is 1. The molecule has 0 aromatic heterocycles. The number of carbonyl (C=O) groups excluding carboxylic acids is 2. The van der Waals surface area contributed by atoms with Crippen molar-refractivity contribution in [3.8, 4) is 5.75 Å². The Bertz CT molecular complexity index is 658. The molecular formula is C15H12ClNO4. The first-order valence-electron chi connectivity index (χ1n) is 6.06. The quantitative estimate of drug-likeness (QED) is 0.533. The van der Waals surface area contributed by atoms with Crippen LogP contribution in [0.1, 0.15) is 20.7 Å². The number of benzene rings is 2. The summed E-state index contributed by atoms with van der Waals surface area (Å²) in [4.78, 5) is 23.7. The lowest BCUT2D eigenvalue weighted by molar-refractivity contribution is 0.0515. The third-order valence-electron chi connectivity index (χ3n) is 2.59. The van der Waals surface area contributed by atoms with Crippen LogP contribution in [0.5, 0.6) is 5.75 Å². The largest absolute Gasteiger partial charge is 0.446 e. The summed E-state index contributed by atoms with van der Waals surface area (Å²) in [6, 6.07) is 12.8. The van der Waals surface area contributed by atoms with Gasteiger partial charge in [0.15, 0.2) is 0 Å².